The lowest BCUT2D eigenvalue weighted by Gasteiger charge is -2.21. The van der Waals surface area contributed by atoms with Gasteiger partial charge in [-0.05, 0) is 69.5 Å². The number of fused-ring (bicyclic) bond motifs is 3. The van der Waals surface area contributed by atoms with E-state index in [-0.39, 0.29) is 10.8 Å². The van der Waals surface area contributed by atoms with Crippen LogP contribution in [0.1, 0.15) is 58.2 Å². The van der Waals surface area contributed by atoms with Gasteiger partial charge >= 0.3 is 0 Å². The third-order valence-corrected chi connectivity index (χ3v) is 10.0. The molecule has 8 aromatic rings. The molecule has 2 aromatic heterocycles. The van der Waals surface area contributed by atoms with Crippen molar-refractivity contribution in [1.82, 2.24) is 19.5 Å². The molecule has 6 aromatic carbocycles. The van der Waals surface area contributed by atoms with Crippen LogP contribution in [0, 0.1) is 11.3 Å². The van der Waals surface area contributed by atoms with Crippen LogP contribution < -0.4 is 0 Å². The molecule has 0 amide bonds. The first-order chi connectivity index (χ1) is 25.5. The van der Waals surface area contributed by atoms with Crippen molar-refractivity contribution in [2.24, 2.45) is 0 Å². The average molecular weight is 688 g/mol. The molecule has 0 aliphatic rings. The Morgan fingerprint density at radius 1 is 0.472 bits per heavy atom. The van der Waals surface area contributed by atoms with Gasteiger partial charge in [-0.15, -0.1) is 0 Å². The summed E-state index contributed by atoms with van der Waals surface area (Å²) >= 11 is 0. The smallest absolute Gasteiger partial charge is 0.166 e. The van der Waals surface area contributed by atoms with Crippen molar-refractivity contribution in [1.29, 1.82) is 5.26 Å². The van der Waals surface area contributed by atoms with Gasteiger partial charge < -0.3 is 4.57 Å². The molecule has 258 valence electrons. The largest absolute Gasteiger partial charge is 0.308 e. The van der Waals surface area contributed by atoms with E-state index < -0.39 is 0 Å². The lowest BCUT2D eigenvalue weighted by molar-refractivity contribution is 0.591. The highest BCUT2D eigenvalue weighted by Gasteiger charge is 2.24. The monoisotopic (exact) mass is 687 g/mol. The van der Waals surface area contributed by atoms with Gasteiger partial charge in [0.2, 0.25) is 0 Å². The molecule has 53 heavy (non-hydrogen) atoms. The van der Waals surface area contributed by atoms with Gasteiger partial charge in [-0.3, -0.25) is 0 Å². The lowest BCUT2D eigenvalue weighted by atomic mass is 9.86. The minimum atomic E-state index is -0.0439. The zero-order valence-electron chi connectivity index (χ0n) is 31.0. The van der Waals surface area contributed by atoms with Gasteiger partial charge in [0.1, 0.15) is 0 Å². The fourth-order valence-corrected chi connectivity index (χ4v) is 6.97. The third kappa shape index (κ3) is 6.38. The Balaban J connectivity index is 1.49. The van der Waals surface area contributed by atoms with Gasteiger partial charge in [0.25, 0.3) is 0 Å². The van der Waals surface area contributed by atoms with Crippen molar-refractivity contribution < 1.29 is 0 Å². The van der Waals surface area contributed by atoms with E-state index in [0.29, 0.717) is 23.0 Å². The van der Waals surface area contributed by atoms with E-state index in [1.54, 1.807) is 0 Å². The first kappa shape index (κ1) is 33.7. The Hall–Kier alpha value is -6.38. The SMILES string of the molecule is CC(C)(C)c1ccc2c3ccc(C(C)(C)C)cc3n(-c3ccc(-c4ccc(C#N)cc4)cc3-c3nc(-c4ccccc4)nc(-c4ccccc4)n3)c2c1. The minimum absolute atomic E-state index is 0.0439. The first-order valence-electron chi connectivity index (χ1n) is 18.1. The topological polar surface area (TPSA) is 67.4 Å². The standard InChI is InChI=1S/C48H41N5/c1-47(2,3)36-22-24-38-39-25-23-37(48(4,5)6)29-43(39)53(42(38)28-36)41-26-21-35(32-19-17-31(30-49)18-20-32)27-40(41)46-51-44(33-13-9-7-10-14-33)50-45(52-46)34-15-11-8-12-16-34/h7-29H,1-6H3. The second kappa shape index (κ2) is 13.0. The zero-order chi connectivity index (χ0) is 36.9. The Kier molecular flexibility index (Phi) is 8.27. The molecule has 0 saturated heterocycles. The van der Waals surface area contributed by atoms with E-state index in [0.717, 1.165) is 44.5 Å². The number of nitriles is 1. The van der Waals surface area contributed by atoms with Crippen LogP contribution in [-0.2, 0) is 10.8 Å². The summed E-state index contributed by atoms with van der Waals surface area (Å²) in [4.78, 5) is 15.5. The Morgan fingerprint density at radius 3 is 1.42 bits per heavy atom. The van der Waals surface area contributed by atoms with Crippen LogP contribution in [0.25, 0.3) is 72.8 Å². The lowest BCUT2D eigenvalue weighted by Crippen LogP contribution is -2.11. The number of aromatic nitrogens is 4. The maximum atomic E-state index is 9.51. The summed E-state index contributed by atoms with van der Waals surface area (Å²) in [6.07, 6.45) is 0. The average Bonchev–Trinajstić information content (AvgIpc) is 3.50. The summed E-state index contributed by atoms with van der Waals surface area (Å²) in [5, 5.41) is 11.9. The molecule has 2 heterocycles. The molecule has 0 unspecified atom stereocenters. The van der Waals surface area contributed by atoms with Gasteiger partial charge in [-0.1, -0.05) is 145 Å². The van der Waals surface area contributed by atoms with Gasteiger partial charge in [0, 0.05) is 27.5 Å². The molecule has 0 fully saturated rings. The quantitative estimate of drug-likeness (QED) is 0.181. The number of hydrogen-bond acceptors (Lipinski definition) is 4. The summed E-state index contributed by atoms with van der Waals surface area (Å²) in [5.41, 5.74) is 11.0. The molecule has 0 atom stereocenters. The molecular weight excluding hydrogens is 647 g/mol. The normalized spacial score (nSPS) is 11.9. The van der Waals surface area contributed by atoms with E-state index in [1.807, 2.05) is 84.9 Å². The van der Waals surface area contributed by atoms with Crippen LogP contribution >= 0.6 is 0 Å². The van der Waals surface area contributed by atoms with Crippen LogP contribution in [0.2, 0.25) is 0 Å². The van der Waals surface area contributed by atoms with Crippen molar-refractivity contribution >= 4 is 21.8 Å². The molecular formula is C48H41N5. The van der Waals surface area contributed by atoms with Crippen LogP contribution in [0.3, 0.4) is 0 Å². The zero-order valence-corrected chi connectivity index (χ0v) is 31.0. The predicted octanol–water partition coefficient (Wildman–Crippen LogP) is 12.1. The number of hydrogen-bond donors (Lipinski definition) is 0. The van der Waals surface area contributed by atoms with E-state index in [1.165, 1.54) is 21.9 Å². The summed E-state index contributed by atoms with van der Waals surface area (Å²) in [6, 6.07) is 50.5. The molecule has 8 rings (SSSR count). The molecule has 0 radical (unpaired) electrons. The fourth-order valence-electron chi connectivity index (χ4n) is 6.97. The van der Waals surface area contributed by atoms with Gasteiger partial charge in [0.05, 0.1) is 28.4 Å². The Morgan fingerprint density at radius 2 is 0.943 bits per heavy atom. The van der Waals surface area contributed by atoms with Crippen LogP contribution in [-0.4, -0.2) is 19.5 Å². The van der Waals surface area contributed by atoms with Gasteiger partial charge in [-0.2, -0.15) is 5.26 Å². The molecule has 0 N–H and O–H groups in total. The van der Waals surface area contributed by atoms with Crippen LogP contribution in [0.5, 0.6) is 0 Å². The summed E-state index contributed by atoms with van der Waals surface area (Å²) in [5.74, 6) is 1.80. The van der Waals surface area contributed by atoms with Crippen molar-refractivity contribution in [3.63, 3.8) is 0 Å². The summed E-state index contributed by atoms with van der Waals surface area (Å²) in [7, 11) is 0. The molecule has 0 aliphatic heterocycles. The number of rotatable bonds is 5. The first-order valence-corrected chi connectivity index (χ1v) is 18.1. The maximum Gasteiger partial charge on any atom is 0.166 e. The van der Waals surface area contributed by atoms with E-state index in [4.69, 9.17) is 15.0 Å². The van der Waals surface area contributed by atoms with E-state index >= 15 is 0 Å². The molecule has 0 saturated carbocycles. The minimum Gasteiger partial charge on any atom is -0.308 e. The van der Waals surface area contributed by atoms with E-state index in [9.17, 15) is 5.26 Å². The molecule has 0 spiro atoms. The van der Waals surface area contributed by atoms with Crippen LogP contribution in [0.4, 0.5) is 0 Å². The van der Waals surface area contributed by atoms with Crippen molar-refractivity contribution in [2.45, 2.75) is 52.4 Å². The van der Waals surface area contributed by atoms with Gasteiger partial charge in [0.15, 0.2) is 17.5 Å². The van der Waals surface area contributed by atoms with Crippen molar-refractivity contribution in [3.05, 3.63) is 156 Å². The number of benzene rings is 6. The molecule has 0 bridgehead atoms. The summed E-state index contributed by atoms with van der Waals surface area (Å²) in [6.45, 7) is 13.6. The highest BCUT2D eigenvalue weighted by Crippen LogP contribution is 2.41. The fraction of sp³-hybridized carbons (Fsp3) is 0.167. The maximum absolute atomic E-state index is 9.51. The molecule has 5 nitrogen and oxygen atoms in total. The third-order valence-electron chi connectivity index (χ3n) is 10.0. The number of nitrogens with zero attached hydrogens (tertiary/aromatic N) is 5. The van der Waals surface area contributed by atoms with Crippen molar-refractivity contribution in [3.8, 4) is 57.0 Å². The van der Waals surface area contributed by atoms with E-state index in [2.05, 4.69) is 107 Å². The highest BCUT2D eigenvalue weighted by atomic mass is 15.1. The Bertz CT molecular complexity index is 2540. The van der Waals surface area contributed by atoms with Gasteiger partial charge in [-0.25, -0.2) is 15.0 Å². The highest BCUT2D eigenvalue weighted by molar-refractivity contribution is 6.10. The molecule has 0 aliphatic carbocycles. The van der Waals surface area contributed by atoms with Crippen LogP contribution in [0.15, 0.2) is 140 Å². The van der Waals surface area contributed by atoms with Crippen molar-refractivity contribution in [2.75, 3.05) is 0 Å². The second-order valence-corrected chi connectivity index (χ2v) is 15.8. The second-order valence-electron chi connectivity index (χ2n) is 15.8. The predicted molar refractivity (Wildman–Crippen MR) is 218 cm³/mol. The Labute approximate surface area is 311 Å². The summed E-state index contributed by atoms with van der Waals surface area (Å²) < 4.78 is 2.40. The molecule has 5 heteroatoms.